The van der Waals surface area contributed by atoms with Crippen molar-refractivity contribution in [1.29, 1.82) is 0 Å². The van der Waals surface area contributed by atoms with Crippen LogP contribution in [0.2, 0.25) is 0 Å². The maximum absolute atomic E-state index is 12.5. The van der Waals surface area contributed by atoms with E-state index in [1.54, 1.807) is 7.11 Å². The summed E-state index contributed by atoms with van der Waals surface area (Å²) in [6.45, 7) is 11.7. The van der Waals surface area contributed by atoms with Crippen LogP contribution in [-0.4, -0.2) is 125 Å². The van der Waals surface area contributed by atoms with E-state index in [1.165, 1.54) is 0 Å². The van der Waals surface area contributed by atoms with E-state index in [9.17, 15) is 4.79 Å². The first-order valence-electron chi connectivity index (χ1n) is 10.9. The maximum atomic E-state index is 12.5. The van der Waals surface area contributed by atoms with Gasteiger partial charge in [-0.15, -0.1) is 0 Å². The number of amides is 1. The van der Waals surface area contributed by atoms with Crippen LogP contribution in [-0.2, 0) is 19.0 Å². The minimum absolute atomic E-state index is 0.212. The first-order valence-corrected chi connectivity index (χ1v) is 10.9. The maximum Gasteiger partial charge on any atom is 0.236 e. The molecule has 1 N–H and O–H groups in total. The molecule has 0 atom stereocenters. The average Bonchev–Trinajstić information content (AvgIpc) is 2.78. The second-order valence-corrected chi connectivity index (χ2v) is 7.93. The number of aliphatic imine (C=N–C) groups is 1. The molecular formula is C20H37N5O4. The van der Waals surface area contributed by atoms with E-state index in [4.69, 9.17) is 19.2 Å². The number of methoxy groups -OCH3 is 1. The highest BCUT2D eigenvalue weighted by molar-refractivity contribution is 5.80. The van der Waals surface area contributed by atoms with Crippen molar-refractivity contribution in [2.75, 3.05) is 92.4 Å². The second-order valence-electron chi connectivity index (χ2n) is 7.93. The van der Waals surface area contributed by atoms with Gasteiger partial charge in [-0.3, -0.25) is 14.7 Å². The molecule has 3 aliphatic rings. The molecule has 0 saturated carbocycles. The monoisotopic (exact) mass is 411 g/mol. The van der Waals surface area contributed by atoms with Gasteiger partial charge in [0.25, 0.3) is 0 Å². The van der Waals surface area contributed by atoms with Crippen molar-refractivity contribution in [2.24, 2.45) is 4.99 Å². The molecule has 0 aromatic rings. The first kappa shape index (κ1) is 22.3. The Morgan fingerprint density at radius 3 is 2.28 bits per heavy atom. The van der Waals surface area contributed by atoms with Crippen molar-refractivity contribution in [3.63, 3.8) is 0 Å². The molecule has 0 spiro atoms. The lowest BCUT2D eigenvalue weighted by atomic mass is 9.94. The van der Waals surface area contributed by atoms with Crippen molar-refractivity contribution in [3.8, 4) is 0 Å². The molecule has 3 fully saturated rings. The molecular weight excluding hydrogens is 374 g/mol. The van der Waals surface area contributed by atoms with Gasteiger partial charge in [-0.05, 0) is 6.92 Å². The fraction of sp³-hybridized carbons (Fsp3) is 0.900. The van der Waals surface area contributed by atoms with Crippen molar-refractivity contribution in [1.82, 2.24) is 20.0 Å². The third-order valence-electron chi connectivity index (χ3n) is 6.08. The summed E-state index contributed by atoms with van der Waals surface area (Å²) >= 11 is 0. The summed E-state index contributed by atoms with van der Waals surface area (Å²) in [5, 5.41) is 3.42. The quantitative estimate of drug-likeness (QED) is 0.472. The lowest BCUT2D eigenvalue weighted by Gasteiger charge is -2.38. The Morgan fingerprint density at radius 1 is 1.00 bits per heavy atom. The summed E-state index contributed by atoms with van der Waals surface area (Å²) < 4.78 is 16.6. The minimum atomic E-state index is -0.217. The first-order chi connectivity index (χ1) is 14.2. The number of ether oxygens (including phenoxy) is 3. The lowest BCUT2D eigenvalue weighted by molar-refractivity contribution is -0.136. The Labute approximate surface area is 174 Å². The highest BCUT2D eigenvalue weighted by Crippen LogP contribution is 2.24. The van der Waals surface area contributed by atoms with E-state index in [0.29, 0.717) is 39.4 Å². The fourth-order valence-corrected chi connectivity index (χ4v) is 4.04. The number of hydrogen-bond acceptors (Lipinski definition) is 6. The third-order valence-corrected chi connectivity index (χ3v) is 6.08. The van der Waals surface area contributed by atoms with Gasteiger partial charge >= 0.3 is 0 Å². The molecule has 3 saturated heterocycles. The van der Waals surface area contributed by atoms with Gasteiger partial charge in [0.05, 0.1) is 31.9 Å². The van der Waals surface area contributed by atoms with Crippen molar-refractivity contribution in [2.45, 2.75) is 25.4 Å². The lowest BCUT2D eigenvalue weighted by Crippen LogP contribution is -2.55. The van der Waals surface area contributed by atoms with Crippen LogP contribution in [0.1, 0.15) is 19.8 Å². The van der Waals surface area contributed by atoms with Crippen molar-refractivity contribution >= 4 is 11.9 Å². The number of hydrogen-bond donors (Lipinski definition) is 1. The molecule has 9 heteroatoms. The second kappa shape index (κ2) is 11.1. The number of guanidine groups is 1. The van der Waals surface area contributed by atoms with Crippen LogP contribution in [0.3, 0.4) is 0 Å². The molecule has 0 aromatic carbocycles. The largest absolute Gasteiger partial charge is 0.381 e. The molecule has 166 valence electrons. The minimum Gasteiger partial charge on any atom is -0.381 e. The van der Waals surface area contributed by atoms with Gasteiger partial charge in [-0.1, -0.05) is 0 Å². The van der Waals surface area contributed by atoms with Gasteiger partial charge in [-0.25, -0.2) is 0 Å². The zero-order chi connectivity index (χ0) is 20.5. The summed E-state index contributed by atoms with van der Waals surface area (Å²) in [5.41, 5.74) is -0.217. The predicted molar refractivity (Wildman–Crippen MR) is 111 cm³/mol. The van der Waals surface area contributed by atoms with Crippen LogP contribution < -0.4 is 5.32 Å². The van der Waals surface area contributed by atoms with Gasteiger partial charge in [-0.2, -0.15) is 0 Å². The van der Waals surface area contributed by atoms with Crippen LogP contribution >= 0.6 is 0 Å². The highest BCUT2D eigenvalue weighted by Gasteiger charge is 2.33. The molecule has 1 amide bonds. The van der Waals surface area contributed by atoms with Crippen LogP contribution in [0.4, 0.5) is 0 Å². The zero-order valence-electron chi connectivity index (χ0n) is 18.0. The van der Waals surface area contributed by atoms with Crippen LogP contribution in [0.5, 0.6) is 0 Å². The SMILES string of the molecule is CCNC(=NCC1(OC)CCOCC1)N1CCN(CC(=O)N2CCOCC2)CC1. The Hall–Kier alpha value is -1.42. The van der Waals surface area contributed by atoms with Gasteiger partial charge in [0, 0.05) is 79.0 Å². The zero-order valence-corrected chi connectivity index (χ0v) is 18.0. The Morgan fingerprint density at radius 2 is 1.66 bits per heavy atom. The van der Waals surface area contributed by atoms with E-state index < -0.39 is 0 Å². The van der Waals surface area contributed by atoms with Crippen molar-refractivity contribution in [3.05, 3.63) is 0 Å². The number of piperazine rings is 1. The number of rotatable bonds is 6. The summed E-state index contributed by atoms with van der Waals surface area (Å²) in [5.74, 6) is 1.15. The smallest absolute Gasteiger partial charge is 0.236 e. The molecule has 0 unspecified atom stereocenters. The highest BCUT2D eigenvalue weighted by atomic mass is 16.5. The fourth-order valence-electron chi connectivity index (χ4n) is 4.04. The molecule has 0 aliphatic carbocycles. The van der Waals surface area contributed by atoms with Crippen LogP contribution in [0.15, 0.2) is 4.99 Å². The summed E-state index contributed by atoms with van der Waals surface area (Å²) in [7, 11) is 1.78. The molecule has 29 heavy (non-hydrogen) atoms. The molecule has 0 aromatic heterocycles. The van der Waals surface area contributed by atoms with E-state index >= 15 is 0 Å². The average molecular weight is 412 g/mol. The molecule has 0 bridgehead atoms. The summed E-state index contributed by atoms with van der Waals surface area (Å²) in [6.07, 6.45) is 1.76. The normalized spacial score (nSPS) is 23.9. The van der Waals surface area contributed by atoms with Gasteiger partial charge in [0.2, 0.25) is 5.91 Å². The van der Waals surface area contributed by atoms with Crippen molar-refractivity contribution < 1.29 is 19.0 Å². The molecule has 3 rings (SSSR count). The third kappa shape index (κ3) is 6.28. The predicted octanol–water partition coefficient (Wildman–Crippen LogP) is -0.376. The topological polar surface area (TPSA) is 78.9 Å². The molecule has 3 aliphatic heterocycles. The van der Waals surface area contributed by atoms with Gasteiger partial charge in [0.1, 0.15) is 0 Å². The number of morpholine rings is 1. The molecule has 9 nitrogen and oxygen atoms in total. The standard InChI is InChI=1S/C20H37N5O4/c1-3-21-19(22-17-20(27-2)4-12-28-13-5-20)25-8-6-23(7-9-25)16-18(26)24-10-14-29-15-11-24/h3-17H2,1-2H3,(H,21,22). The Kier molecular flexibility index (Phi) is 8.53. The number of carbonyl (C=O) groups is 1. The van der Waals surface area contributed by atoms with Crippen LogP contribution in [0.25, 0.3) is 0 Å². The molecule has 3 heterocycles. The Balaban J connectivity index is 1.50. The Bertz CT molecular complexity index is 539. The van der Waals surface area contributed by atoms with E-state index in [-0.39, 0.29) is 11.5 Å². The van der Waals surface area contributed by atoms with Gasteiger partial charge < -0.3 is 29.3 Å². The van der Waals surface area contributed by atoms with Crippen LogP contribution in [0, 0.1) is 0 Å². The number of nitrogens with one attached hydrogen (secondary N) is 1. The van der Waals surface area contributed by atoms with E-state index in [1.807, 2.05) is 4.90 Å². The van der Waals surface area contributed by atoms with E-state index in [0.717, 1.165) is 64.7 Å². The number of nitrogens with zero attached hydrogens (tertiary/aromatic N) is 4. The number of carbonyl (C=O) groups excluding carboxylic acids is 1. The summed E-state index contributed by atoms with van der Waals surface area (Å²) in [4.78, 5) is 23.8. The van der Waals surface area contributed by atoms with Gasteiger partial charge in [0.15, 0.2) is 5.96 Å². The molecule has 0 radical (unpaired) electrons. The van der Waals surface area contributed by atoms with E-state index in [2.05, 4.69) is 22.0 Å². The summed E-state index contributed by atoms with van der Waals surface area (Å²) in [6, 6.07) is 0.